The third kappa shape index (κ3) is 5.95. The second-order valence-electron chi connectivity index (χ2n) is 6.01. The Kier molecular flexibility index (Phi) is 8.26. The molecule has 6 nitrogen and oxygen atoms in total. The van der Waals surface area contributed by atoms with E-state index in [-0.39, 0.29) is 12.0 Å². The van der Waals surface area contributed by atoms with Crippen LogP contribution in [0.2, 0.25) is 0 Å². The zero-order valence-electron chi connectivity index (χ0n) is 15.2. The van der Waals surface area contributed by atoms with Gasteiger partial charge in [0.1, 0.15) is 0 Å². The maximum absolute atomic E-state index is 11.7. The van der Waals surface area contributed by atoms with Gasteiger partial charge in [-0.3, -0.25) is 14.7 Å². The molecule has 23 heavy (non-hydrogen) atoms. The first-order valence-corrected chi connectivity index (χ1v) is 8.69. The Bertz CT molecular complexity index is 408. The molecule has 0 spiro atoms. The zero-order valence-corrected chi connectivity index (χ0v) is 15.2. The Balaban J connectivity index is 0.00000127. The summed E-state index contributed by atoms with van der Waals surface area (Å²) in [6.45, 7) is 11.1. The summed E-state index contributed by atoms with van der Waals surface area (Å²) in [5.41, 5.74) is 0.784. The molecule has 6 heteroatoms. The van der Waals surface area contributed by atoms with Crippen LogP contribution < -0.4 is 5.32 Å². The Hall–Kier alpha value is -1.40. The number of carbonyl (C=O) groups is 1. The highest BCUT2D eigenvalue weighted by atomic mass is 16.7. The maximum atomic E-state index is 11.7. The lowest BCUT2D eigenvalue weighted by Gasteiger charge is -2.35. The minimum atomic E-state index is -0.184. The monoisotopic (exact) mass is 324 g/mol. The number of amides is 1. The molecule has 2 heterocycles. The number of carbonyl (C=O) groups excluding carboxylic acids is 1. The number of piperidine rings is 2. The Morgan fingerprint density at radius 2 is 1.96 bits per heavy atom. The number of likely N-dealkylation sites (tertiary alicyclic amines) is 1. The Morgan fingerprint density at radius 3 is 2.48 bits per heavy atom. The van der Waals surface area contributed by atoms with Gasteiger partial charge in [0.25, 0.3) is 5.91 Å². The van der Waals surface area contributed by atoms with E-state index in [0.29, 0.717) is 30.3 Å². The molecule has 2 saturated heterocycles. The van der Waals surface area contributed by atoms with Gasteiger partial charge in [0.2, 0.25) is 0 Å². The minimum absolute atomic E-state index is 0.183. The van der Waals surface area contributed by atoms with Crippen LogP contribution in [-0.4, -0.2) is 60.4 Å². The lowest BCUT2D eigenvalue weighted by atomic mass is 10.0. The van der Waals surface area contributed by atoms with Crippen molar-refractivity contribution in [2.45, 2.75) is 59.1 Å². The van der Waals surface area contributed by atoms with Gasteiger partial charge in [0, 0.05) is 51.1 Å². The van der Waals surface area contributed by atoms with Crippen LogP contribution in [-0.2, 0) is 9.63 Å². The summed E-state index contributed by atoms with van der Waals surface area (Å²) in [6, 6.07) is 0.581. The molecule has 2 N–H and O–H groups in total. The smallest absolute Gasteiger partial charge is 0.254 e. The van der Waals surface area contributed by atoms with E-state index in [1.165, 1.54) is 0 Å². The van der Waals surface area contributed by atoms with Crippen LogP contribution in [0.1, 0.15) is 47.0 Å². The number of nitrogens with one attached hydrogen (secondary N) is 2. The standard InChI is InChI=1S/C15H26N4O2.C2H6/c1-11(2)19-8-5-12(6-9-19)21-18(3)10-13-14(16)4-7-17-15(13)20;1-2/h10-12,16H,4-9H2,1-3H3,(H,17,20);1-2H3/b13-10+,16-14?;. The largest absolute Gasteiger partial charge is 0.352 e. The molecule has 2 fully saturated rings. The first kappa shape index (κ1) is 19.6. The van der Waals surface area contributed by atoms with Crippen molar-refractivity contribution in [1.82, 2.24) is 15.3 Å². The van der Waals surface area contributed by atoms with Crippen LogP contribution in [0.25, 0.3) is 0 Å². The molecule has 0 radical (unpaired) electrons. The van der Waals surface area contributed by atoms with Crippen LogP contribution in [0, 0.1) is 5.41 Å². The van der Waals surface area contributed by atoms with Crippen LogP contribution >= 0.6 is 0 Å². The fraction of sp³-hybridized carbons (Fsp3) is 0.765. The molecule has 2 aliphatic rings. The van der Waals surface area contributed by atoms with Crippen LogP contribution in [0.3, 0.4) is 0 Å². The average molecular weight is 324 g/mol. The topological polar surface area (TPSA) is 68.7 Å². The van der Waals surface area contributed by atoms with E-state index < -0.39 is 0 Å². The highest BCUT2D eigenvalue weighted by Gasteiger charge is 2.24. The van der Waals surface area contributed by atoms with E-state index >= 15 is 0 Å². The Labute approximate surface area is 140 Å². The normalized spacial score (nSPS) is 21.9. The van der Waals surface area contributed by atoms with Crippen LogP contribution in [0.15, 0.2) is 11.8 Å². The number of hydroxylamine groups is 2. The van der Waals surface area contributed by atoms with Crippen molar-refractivity contribution in [3.05, 3.63) is 11.8 Å². The SMILES string of the molecule is CC.CC(C)N1CCC(ON(C)/C=C2\C(=N)CCNC2=O)CC1. The third-order valence-electron chi connectivity index (χ3n) is 4.06. The van der Waals surface area contributed by atoms with Gasteiger partial charge in [-0.15, -0.1) is 0 Å². The minimum Gasteiger partial charge on any atom is -0.352 e. The second kappa shape index (κ2) is 9.67. The molecule has 0 aliphatic carbocycles. The molecule has 2 aliphatic heterocycles. The molecular weight excluding hydrogens is 292 g/mol. The molecule has 0 atom stereocenters. The van der Waals surface area contributed by atoms with E-state index in [2.05, 4.69) is 24.1 Å². The van der Waals surface area contributed by atoms with E-state index in [1.807, 2.05) is 13.8 Å². The van der Waals surface area contributed by atoms with Gasteiger partial charge in [-0.05, 0) is 26.7 Å². The van der Waals surface area contributed by atoms with Gasteiger partial charge in [0.05, 0.1) is 11.7 Å². The number of nitrogens with zero attached hydrogens (tertiary/aromatic N) is 2. The van der Waals surface area contributed by atoms with Gasteiger partial charge >= 0.3 is 0 Å². The predicted molar refractivity (Wildman–Crippen MR) is 93.4 cm³/mol. The summed E-state index contributed by atoms with van der Waals surface area (Å²) < 4.78 is 0. The van der Waals surface area contributed by atoms with Gasteiger partial charge in [-0.2, -0.15) is 0 Å². The molecule has 0 aromatic carbocycles. The first-order chi connectivity index (χ1) is 11.0. The van der Waals surface area contributed by atoms with Gasteiger partial charge in [-0.25, -0.2) is 0 Å². The van der Waals surface area contributed by atoms with Crippen molar-refractivity contribution in [3.63, 3.8) is 0 Å². The first-order valence-electron chi connectivity index (χ1n) is 8.69. The molecular formula is C17H32N4O2. The predicted octanol–water partition coefficient (Wildman–Crippen LogP) is 2.17. The zero-order chi connectivity index (χ0) is 17.4. The van der Waals surface area contributed by atoms with E-state index in [0.717, 1.165) is 25.9 Å². The van der Waals surface area contributed by atoms with Crippen molar-refractivity contribution in [3.8, 4) is 0 Å². The molecule has 0 aromatic rings. The van der Waals surface area contributed by atoms with Crippen molar-refractivity contribution in [2.75, 3.05) is 26.7 Å². The number of rotatable bonds is 4. The highest BCUT2D eigenvalue weighted by molar-refractivity contribution is 6.21. The molecule has 2 rings (SSSR count). The van der Waals surface area contributed by atoms with Gasteiger partial charge in [0.15, 0.2) is 0 Å². The summed E-state index contributed by atoms with van der Waals surface area (Å²) in [5.74, 6) is -0.184. The van der Waals surface area contributed by atoms with Crippen LogP contribution in [0.4, 0.5) is 0 Å². The molecule has 0 bridgehead atoms. The van der Waals surface area contributed by atoms with Crippen molar-refractivity contribution in [2.24, 2.45) is 0 Å². The van der Waals surface area contributed by atoms with E-state index in [1.54, 1.807) is 18.3 Å². The lowest BCUT2D eigenvalue weighted by Crippen LogP contribution is -2.42. The fourth-order valence-corrected chi connectivity index (χ4v) is 2.75. The highest BCUT2D eigenvalue weighted by Crippen LogP contribution is 2.17. The Morgan fingerprint density at radius 1 is 1.35 bits per heavy atom. The number of hydrogen-bond donors (Lipinski definition) is 2. The summed E-state index contributed by atoms with van der Waals surface area (Å²) in [6.07, 6.45) is 4.39. The van der Waals surface area contributed by atoms with E-state index in [9.17, 15) is 4.79 Å². The second-order valence-corrected chi connectivity index (χ2v) is 6.01. The van der Waals surface area contributed by atoms with Crippen molar-refractivity contribution >= 4 is 11.6 Å². The summed E-state index contributed by atoms with van der Waals surface area (Å²) in [7, 11) is 1.79. The quantitative estimate of drug-likeness (QED) is 0.614. The lowest BCUT2D eigenvalue weighted by molar-refractivity contribution is -0.163. The molecule has 1 amide bonds. The molecule has 0 saturated carbocycles. The van der Waals surface area contributed by atoms with E-state index in [4.69, 9.17) is 10.2 Å². The summed E-state index contributed by atoms with van der Waals surface area (Å²) >= 11 is 0. The molecule has 0 aromatic heterocycles. The van der Waals surface area contributed by atoms with Gasteiger partial charge in [-0.1, -0.05) is 13.8 Å². The molecule has 0 unspecified atom stereocenters. The summed E-state index contributed by atoms with van der Waals surface area (Å²) in [4.78, 5) is 20.1. The average Bonchev–Trinajstić information content (AvgIpc) is 2.53. The third-order valence-corrected chi connectivity index (χ3v) is 4.06. The maximum Gasteiger partial charge on any atom is 0.254 e. The summed E-state index contributed by atoms with van der Waals surface area (Å²) in [5, 5.41) is 12.2. The fourth-order valence-electron chi connectivity index (χ4n) is 2.75. The number of hydrogen-bond acceptors (Lipinski definition) is 5. The molecule has 132 valence electrons. The van der Waals surface area contributed by atoms with Crippen LogP contribution in [0.5, 0.6) is 0 Å². The van der Waals surface area contributed by atoms with Crippen molar-refractivity contribution < 1.29 is 9.63 Å². The van der Waals surface area contributed by atoms with Crippen molar-refractivity contribution in [1.29, 1.82) is 5.41 Å². The van der Waals surface area contributed by atoms with Gasteiger partial charge < -0.3 is 15.6 Å².